The molecule has 0 aliphatic carbocycles. The van der Waals surface area contributed by atoms with E-state index in [0.29, 0.717) is 5.69 Å². The Labute approximate surface area is 102 Å². The van der Waals surface area contributed by atoms with Crippen molar-refractivity contribution in [2.75, 3.05) is 13.1 Å². The Morgan fingerprint density at radius 3 is 3.12 bits per heavy atom. The molecule has 1 unspecified atom stereocenters. The number of nitrogens with one attached hydrogen (secondary N) is 1. The normalized spacial score (nSPS) is 24.8. The zero-order chi connectivity index (χ0) is 12.3. The predicted molar refractivity (Wildman–Crippen MR) is 64.9 cm³/mol. The smallest absolute Gasteiger partial charge is 0.189 e. The molecule has 0 amide bonds. The fraction of sp³-hybridized carbons (Fsp3) is 0.750. The molecule has 1 aliphatic rings. The van der Waals surface area contributed by atoms with E-state index in [-0.39, 0.29) is 11.2 Å². The van der Waals surface area contributed by atoms with Gasteiger partial charge in [0.05, 0.1) is 6.20 Å². The molecule has 0 spiro atoms. The average molecular weight is 236 g/mol. The largest absolute Gasteiger partial charge is 0.316 e. The Morgan fingerprint density at radius 1 is 1.65 bits per heavy atom. The highest BCUT2D eigenvalue weighted by Crippen LogP contribution is 2.29. The van der Waals surface area contributed by atoms with Gasteiger partial charge in [0.2, 0.25) is 0 Å². The molecule has 94 valence electrons. The highest BCUT2D eigenvalue weighted by Gasteiger charge is 2.36. The molecule has 1 fully saturated rings. The molecule has 1 aromatic rings. The average Bonchev–Trinajstić information content (AvgIpc) is 2.78. The third-order valence-electron chi connectivity index (χ3n) is 3.43. The van der Waals surface area contributed by atoms with Crippen LogP contribution in [0.5, 0.6) is 0 Å². The SMILES string of the molecule is CCCn1nncc1C(=O)C1(C)CCCNC1. The van der Waals surface area contributed by atoms with Gasteiger partial charge in [-0.25, -0.2) is 4.68 Å². The number of aryl methyl sites for hydroxylation is 1. The van der Waals surface area contributed by atoms with Crippen molar-refractivity contribution in [1.82, 2.24) is 20.3 Å². The van der Waals surface area contributed by atoms with E-state index < -0.39 is 0 Å². The Kier molecular flexibility index (Phi) is 3.57. The fourth-order valence-corrected chi connectivity index (χ4v) is 2.37. The van der Waals surface area contributed by atoms with Crippen LogP contribution >= 0.6 is 0 Å². The first kappa shape index (κ1) is 12.2. The maximum absolute atomic E-state index is 12.5. The molecule has 1 atom stereocenters. The molecular weight excluding hydrogens is 216 g/mol. The van der Waals surface area contributed by atoms with E-state index in [9.17, 15) is 4.79 Å². The molecule has 2 rings (SSSR count). The quantitative estimate of drug-likeness (QED) is 0.800. The summed E-state index contributed by atoms with van der Waals surface area (Å²) in [6.07, 6.45) is 4.55. The summed E-state index contributed by atoms with van der Waals surface area (Å²) >= 11 is 0. The zero-order valence-corrected chi connectivity index (χ0v) is 10.6. The number of piperidine rings is 1. The summed E-state index contributed by atoms with van der Waals surface area (Å²) in [5.41, 5.74) is 0.351. The van der Waals surface area contributed by atoms with E-state index >= 15 is 0 Å². The van der Waals surface area contributed by atoms with Crippen LogP contribution in [0, 0.1) is 5.41 Å². The monoisotopic (exact) mass is 236 g/mol. The van der Waals surface area contributed by atoms with E-state index in [1.54, 1.807) is 10.9 Å². The van der Waals surface area contributed by atoms with Crippen molar-refractivity contribution in [3.8, 4) is 0 Å². The standard InChI is InChI=1S/C12H20N4O/c1-3-7-16-10(8-14-15-16)11(17)12(2)5-4-6-13-9-12/h8,13H,3-7,9H2,1-2H3. The van der Waals surface area contributed by atoms with E-state index in [1.807, 2.05) is 6.92 Å². The van der Waals surface area contributed by atoms with Gasteiger partial charge in [0.15, 0.2) is 5.78 Å². The summed E-state index contributed by atoms with van der Waals surface area (Å²) in [7, 11) is 0. The Hall–Kier alpha value is -1.23. The molecule has 1 saturated heterocycles. The number of ketones is 1. The van der Waals surface area contributed by atoms with Crippen LogP contribution in [0.4, 0.5) is 0 Å². The van der Waals surface area contributed by atoms with Crippen molar-refractivity contribution in [3.05, 3.63) is 11.9 Å². The van der Waals surface area contributed by atoms with Crippen LogP contribution in [0.1, 0.15) is 43.6 Å². The van der Waals surface area contributed by atoms with E-state index in [4.69, 9.17) is 0 Å². The summed E-state index contributed by atoms with van der Waals surface area (Å²) < 4.78 is 1.72. The number of hydrogen-bond acceptors (Lipinski definition) is 4. The topological polar surface area (TPSA) is 59.8 Å². The summed E-state index contributed by atoms with van der Waals surface area (Å²) in [6.45, 7) is 6.62. The molecule has 0 saturated carbocycles. The highest BCUT2D eigenvalue weighted by atomic mass is 16.1. The molecule has 1 aromatic heterocycles. The molecule has 0 radical (unpaired) electrons. The van der Waals surface area contributed by atoms with Crippen LogP contribution in [-0.4, -0.2) is 33.9 Å². The van der Waals surface area contributed by atoms with Crippen LogP contribution in [0.25, 0.3) is 0 Å². The van der Waals surface area contributed by atoms with Crippen molar-refractivity contribution in [3.63, 3.8) is 0 Å². The van der Waals surface area contributed by atoms with Crippen molar-refractivity contribution in [1.29, 1.82) is 0 Å². The maximum atomic E-state index is 12.5. The van der Waals surface area contributed by atoms with Gasteiger partial charge in [-0.3, -0.25) is 4.79 Å². The van der Waals surface area contributed by atoms with E-state index in [0.717, 1.165) is 38.9 Å². The minimum atomic E-state index is -0.300. The highest BCUT2D eigenvalue weighted by molar-refractivity contribution is 5.98. The Bertz CT molecular complexity index is 393. The van der Waals surface area contributed by atoms with Gasteiger partial charge in [0.1, 0.15) is 5.69 Å². The number of Topliss-reactive ketones (excluding diaryl/α,β-unsaturated/α-hetero) is 1. The molecule has 0 bridgehead atoms. The molecule has 2 heterocycles. The maximum Gasteiger partial charge on any atom is 0.189 e. The number of aromatic nitrogens is 3. The van der Waals surface area contributed by atoms with Crippen molar-refractivity contribution >= 4 is 5.78 Å². The van der Waals surface area contributed by atoms with Crippen LogP contribution in [0.3, 0.4) is 0 Å². The molecule has 1 N–H and O–H groups in total. The predicted octanol–water partition coefficient (Wildman–Crippen LogP) is 1.26. The molecule has 17 heavy (non-hydrogen) atoms. The third-order valence-corrected chi connectivity index (χ3v) is 3.43. The van der Waals surface area contributed by atoms with Crippen LogP contribution in [0.2, 0.25) is 0 Å². The number of hydrogen-bond donors (Lipinski definition) is 1. The van der Waals surface area contributed by atoms with E-state index in [1.165, 1.54) is 0 Å². The number of carbonyl (C=O) groups excluding carboxylic acids is 1. The second-order valence-electron chi connectivity index (χ2n) is 5.01. The van der Waals surface area contributed by atoms with Gasteiger partial charge < -0.3 is 5.32 Å². The number of rotatable bonds is 4. The minimum absolute atomic E-state index is 0.170. The summed E-state index contributed by atoms with van der Waals surface area (Å²) in [5.74, 6) is 0.170. The molecular formula is C12H20N4O. The molecule has 5 heteroatoms. The first-order valence-electron chi connectivity index (χ1n) is 6.31. The Morgan fingerprint density at radius 2 is 2.47 bits per heavy atom. The second kappa shape index (κ2) is 4.96. The van der Waals surface area contributed by atoms with Gasteiger partial charge >= 0.3 is 0 Å². The van der Waals surface area contributed by atoms with Gasteiger partial charge in [-0.15, -0.1) is 5.10 Å². The third kappa shape index (κ3) is 2.39. The van der Waals surface area contributed by atoms with Gasteiger partial charge in [-0.1, -0.05) is 19.1 Å². The zero-order valence-electron chi connectivity index (χ0n) is 10.6. The summed E-state index contributed by atoms with van der Waals surface area (Å²) in [4.78, 5) is 12.5. The first-order valence-corrected chi connectivity index (χ1v) is 6.31. The van der Waals surface area contributed by atoms with Crippen molar-refractivity contribution < 1.29 is 4.79 Å². The lowest BCUT2D eigenvalue weighted by atomic mass is 9.78. The van der Waals surface area contributed by atoms with Gasteiger partial charge in [0.25, 0.3) is 0 Å². The summed E-state index contributed by atoms with van der Waals surface area (Å²) in [6, 6.07) is 0. The lowest BCUT2D eigenvalue weighted by Crippen LogP contribution is -2.44. The lowest BCUT2D eigenvalue weighted by Gasteiger charge is -2.32. The van der Waals surface area contributed by atoms with Crippen molar-refractivity contribution in [2.24, 2.45) is 5.41 Å². The van der Waals surface area contributed by atoms with Crippen LogP contribution < -0.4 is 5.32 Å². The number of carbonyl (C=O) groups is 1. The molecule has 1 aliphatic heterocycles. The first-order chi connectivity index (χ1) is 8.17. The van der Waals surface area contributed by atoms with Crippen molar-refractivity contribution in [2.45, 2.75) is 39.7 Å². The van der Waals surface area contributed by atoms with E-state index in [2.05, 4.69) is 22.6 Å². The number of nitrogens with zero attached hydrogens (tertiary/aromatic N) is 3. The fourth-order valence-electron chi connectivity index (χ4n) is 2.37. The summed E-state index contributed by atoms with van der Waals surface area (Å²) in [5, 5.41) is 11.1. The Balaban J connectivity index is 2.20. The minimum Gasteiger partial charge on any atom is -0.316 e. The molecule has 0 aromatic carbocycles. The van der Waals surface area contributed by atoms with Crippen LogP contribution in [-0.2, 0) is 6.54 Å². The second-order valence-corrected chi connectivity index (χ2v) is 5.01. The lowest BCUT2D eigenvalue weighted by molar-refractivity contribution is 0.0760. The molecule has 5 nitrogen and oxygen atoms in total. The van der Waals surface area contributed by atoms with Crippen LogP contribution in [0.15, 0.2) is 6.20 Å². The van der Waals surface area contributed by atoms with Gasteiger partial charge in [-0.05, 0) is 25.8 Å². The van der Waals surface area contributed by atoms with Gasteiger partial charge in [-0.2, -0.15) is 0 Å². The van der Waals surface area contributed by atoms with Gasteiger partial charge in [0, 0.05) is 18.5 Å².